The molecule has 2 aromatic rings. The molecule has 2 aromatic carbocycles. The van der Waals surface area contributed by atoms with E-state index in [-0.39, 0.29) is 5.60 Å². The zero-order valence-corrected chi connectivity index (χ0v) is 13.9. The highest BCUT2D eigenvalue weighted by Crippen LogP contribution is 2.33. The Morgan fingerprint density at radius 3 is 2.00 bits per heavy atom. The number of hydrogen-bond donors (Lipinski definition) is 0. The van der Waals surface area contributed by atoms with E-state index in [1.807, 2.05) is 30.3 Å². The van der Waals surface area contributed by atoms with Crippen LogP contribution in [0.3, 0.4) is 0 Å². The molecule has 0 bridgehead atoms. The molecule has 3 heteroatoms. The second-order valence-electron chi connectivity index (χ2n) is 5.73. The fraction of sp³-hybridized carbons (Fsp3) is 0.368. The molecule has 0 heterocycles. The average Bonchev–Trinajstić information content (AvgIpc) is 2.55. The highest BCUT2D eigenvalue weighted by molar-refractivity contribution is 5.33. The van der Waals surface area contributed by atoms with Crippen molar-refractivity contribution in [3.05, 3.63) is 60.2 Å². The molecule has 0 aliphatic rings. The maximum absolute atomic E-state index is 6.45. The monoisotopic (exact) mass is 299 g/mol. The van der Waals surface area contributed by atoms with Gasteiger partial charge in [0.1, 0.15) is 17.1 Å². The molecule has 0 amide bonds. The zero-order valence-electron chi connectivity index (χ0n) is 13.9. The maximum atomic E-state index is 6.45. The molecule has 0 aromatic heterocycles. The third-order valence-corrected chi connectivity index (χ3v) is 3.82. The molecule has 0 aliphatic heterocycles. The largest absolute Gasteiger partial charge is 0.497 e. The molecule has 0 N–H and O–H groups in total. The van der Waals surface area contributed by atoms with E-state index in [9.17, 15) is 0 Å². The Morgan fingerprint density at radius 1 is 0.909 bits per heavy atom. The van der Waals surface area contributed by atoms with E-state index in [1.165, 1.54) is 5.56 Å². The average molecular weight is 299 g/mol. The predicted octanol–water partition coefficient (Wildman–Crippen LogP) is 3.94. The van der Waals surface area contributed by atoms with Gasteiger partial charge in [0, 0.05) is 6.54 Å². The molecule has 0 spiro atoms. The summed E-state index contributed by atoms with van der Waals surface area (Å²) in [5, 5.41) is 0. The summed E-state index contributed by atoms with van der Waals surface area (Å²) in [6.45, 7) is 2.99. The van der Waals surface area contributed by atoms with Crippen molar-refractivity contribution in [3.8, 4) is 11.5 Å². The standard InChI is InChI=1S/C19H25NO2/c1-5-19(15-20(2)3,16-9-7-6-8-10-16)22-18-13-11-17(21-4)12-14-18/h6-14H,5,15H2,1-4H3. The van der Waals surface area contributed by atoms with Gasteiger partial charge in [-0.1, -0.05) is 37.3 Å². The van der Waals surface area contributed by atoms with Crippen molar-refractivity contribution < 1.29 is 9.47 Å². The zero-order chi connectivity index (χ0) is 16.0. The summed E-state index contributed by atoms with van der Waals surface area (Å²) in [7, 11) is 5.82. The van der Waals surface area contributed by atoms with E-state index >= 15 is 0 Å². The topological polar surface area (TPSA) is 21.7 Å². The van der Waals surface area contributed by atoms with E-state index in [1.54, 1.807) is 7.11 Å². The number of hydrogen-bond acceptors (Lipinski definition) is 3. The van der Waals surface area contributed by atoms with Crippen LogP contribution in [0.5, 0.6) is 11.5 Å². The Morgan fingerprint density at radius 2 is 1.50 bits per heavy atom. The lowest BCUT2D eigenvalue weighted by molar-refractivity contribution is 0.0340. The van der Waals surface area contributed by atoms with Crippen LogP contribution in [0.1, 0.15) is 18.9 Å². The fourth-order valence-electron chi connectivity index (χ4n) is 2.69. The lowest BCUT2D eigenvalue weighted by Crippen LogP contribution is -2.42. The quantitative estimate of drug-likeness (QED) is 0.773. The van der Waals surface area contributed by atoms with Gasteiger partial charge >= 0.3 is 0 Å². The number of likely N-dealkylation sites (N-methyl/N-ethyl adjacent to an activating group) is 1. The van der Waals surface area contributed by atoms with Gasteiger partial charge in [-0.25, -0.2) is 0 Å². The molecule has 22 heavy (non-hydrogen) atoms. The first kappa shape index (κ1) is 16.4. The van der Waals surface area contributed by atoms with E-state index < -0.39 is 0 Å². The maximum Gasteiger partial charge on any atom is 0.146 e. The van der Waals surface area contributed by atoms with Crippen molar-refractivity contribution in [2.75, 3.05) is 27.7 Å². The minimum atomic E-state index is -0.362. The van der Waals surface area contributed by atoms with Crippen LogP contribution in [0.2, 0.25) is 0 Å². The van der Waals surface area contributed by atoms with Gasteiger partial charge in [0.05, 0.1) is 7.11 Å². The Bertz CT molecular complexity index is 566. The molecule has 0 radical (unpaired) electrons. The molecule has 2 rings (SSSR count). The molecule has 0 fully saturated rings. The van der Waals surface area contributed by atoms with Gasteiger partial charge in [-0.15, -0.1) is 0 Å². The van der Waals surface area contributed by atoms with Crippen molar-refractivity contribution in [2.45, 2.75) is 18.9 Å². The molecular formula is C19H25NO2. The number of rotatable bonds is 7. The van der Waals surface area contributed by atoms with Crippen LogP contribution in [0.25, 0.3) is 0 Å². The van der Waals surface area contributed by atoms with Gasteiger partial charge < -0.3 is 14.4 Å². The minimum absolute atomic E-state index is 0.362. The third kappa shape index (κ3) is 3.80. The number of benzene rings is 2. The van der Waals surface area contributed by atoms with Gasteiger partial charge in [0.2, 0.25) is 0 Å². The Labute approximate surface area is 133 Å². The molecule has 1 atom stereocenters. The van der Waals surface area contributed by atoms with Gasteiger partial charge in [-0.3, -0.25) is 0 Å². The van der Waals surface area contributed by atoms with E-state index in [0.29, 0.717) is 0 Å². The smallest absolute Gasteiger partial charge is 0.146 e. The lowest BCUT2D eigenvalue weighted by Gasteiger charge is -2.36. The van der Waals surface area contributed by atoms with Gasteiger partial charge in [0.25, 0.3) is 0 Å². The third-order valence-electron chi connectivity index (χ3n) is 3.82. The fourth-order valence-corrected chi connectivity index (χ4v) is 2.69. The van der Waals surface area contributed by atoms with E-state index in [0.717, 1.165) is 24.5 Å². The summed E-state index contributed by atoms with van der Waals surface area (Å²) in [5.74, 6) is 1.69. The van der Waals surface area contributed by atoms with E-state index in [4.69, 9.17) is 9.47 Å². The summed E-state index contributed by atoms with van der Waals surface area (Å²) >= 11 is 0. The SMILES string of the molecule is CCC(CN(C)C)(Oc1ccc(OC)cc1)c1ccccc1. The van der Waals surface area contributed by atoms with Gasteiger partial charge in [-0.2, -0.15) is 0 Å². The second kappa shape index (κ2) is 7.32. The van der Waals surface area contributed by atoms with Crippen molar-refractivity contribution in [1.29, 1.82) is 0 Å². The molecular weight excluding hydrogens is 274 g/mol. The first-order valence-electron chi connectivity index (χ1n) is 7.63. The summed E-state index contributed by atoms with van der Waals surface area (Å²) in [6.07, 6.45) is 0.890. The normalized spacial score (nSPS) is 13.7. The second-order valence-corrected chi connectivity index (χ2v) is 5.73. The Hall–Kier alpha value is -2.00. The molecule has 118 valence electrons. The molecule has 0 saturated heterocycles. The predicted molar refractivity (Wildman–Crippen MR) is 90.6 cm³/mol. The Kier molecular flexibility index (Phi) is 5.45. The summed E-state index contributed by atoms with van der Waals surface area (Å²) < 4.78 is 11.7. The molecule has 1 unspecified atom stereocenters. The Balaban J connectivity index is 2.34. The van der Waals surface area contributed by atoms with Gasteiger partial charge in [-0.05, 0) is 50.3 Å². The van der Waals surface area contributed by atoms with Gasteiger partial charge in [0.15, 0.2) is 0 Å². The van der Waals surface area contributed by atoms with Crippen LogP contribution < -0.4 is 9.47 Å². The summed E-state index contributed by atoms with van der Waals surface area (Å²) in [6, 6.07) is 18.2. The lowest BCUT2D eigenvalue weighted by atomic mass is 9.90. The van der Waals surface area contributed by atoms with Crippen LogP contribution in [0.15, 0.2) is 54.6 Å². The van der Waals surface area contributed by atoms with Crippen molar-refractivity contribution in [1.82, 2.24) is 4.90 Å². The van der Waals surface area contributed by atoms with Crippen molar-refractivity contribution in [2.24, 2.45) is 0 Å². The van der Waals surface area contributed by atoms with Crippen LogP contribution in [-0.2, 0) is 5.60 Å². The number of nitrogens with zero attached hydrogens (tertiary/aromatic N) is 1. The summed E-state index contributed by atoms with van der Waals surface area (Å²) in [4.78, 5) is 2.17. The number of methoxy groups -OCH3 is 1. The first-order chi connectivity index (χ1) is 10.6. The molecule has 3 nitrogen and oxygen atoms in total. The van der Waals surface area contributed by atoms with Crippen LogP contribution >= 0.6 is 0 Å². The highest BCUT2D eigenvalue weighted by Gasteiger charge is 2.33. The minimum Gasteiger partial charge on any atom is -0.497 e. The highest BCUT2D eigenvalue weighted by atomic mass is 16.5. The first-order valence-corrected chi connectivity index (χ1v) is 7.63. The van der Waals surface area contributed by atoms with Crippen LogP contribution in [0.4, 0.5) is 0 Å². The molecule has 0 saturated carbocycles. The number of ether oxygens (including phenoxy) is 2. The van der Waals surface area contributed by atoms with Crippen molar-refractivity contribution in [3.63, 3.8) is 0 Å². The van der Waals surface area contributed by atoms with Crippen LogP contribution in [0, 0.1) is 0 Å². The van der Waals surface area contributed by atoms with Crippen molar-refractivity contribution >= 4 is 0 Å². The van der Waals surface area contributed by atoms with Crippen LogP contribution in [-0.4, -0.2) is 32.6 Å². The summed E-state index contributed by atoms with van der Waals surface area (Å²) in [5.41, 5.74) is 0.835. The molecule has 0 aliphatic carbocycles. The van der Waals surface area contributed by atoms with E-state index in [2.05, 4.69) is 50.2 Å².